The fourth-order valence-corrected chi connectivity index (χ4v) is 3.27. The van der Waals surface area contributed by atoms with Crippen molar-refractivity contribution in [1.29, 1.82) is 0 Å². The molecule has 4 nitrogen and oxygen atoms in total. The highest BCUT2D eigenvalue weighted by molar-refractivity contribution is 5.92. The van der Waals surface area contributed by atoms with Crippen LogP contribution < -0.4 is 15.1 Å². The molecule has 1 fully saturated rings. The normalized spacial score (nSPS) is 15.6. The third-order valence-corrected chi connectivity index (χ3v) is 4.84. The summed E-state index contributed by atoms with van der Waals surface area (Å²) in [6, 6.07) is 13.0. The lowest BCUT2D eigenvalue weighted by Crippen LogP contribution is -3.15. The van der Waals surface area contributed by atoms with E-state index in [4.69, 9.17) is 0 Å². The van der Waals surface area contributed by atoms with Crippen molar-refractivity contribution >= 4 is 17.3 Å². The number of para-hydroxylation sites is 1. The van der Waals surface area contributed by atoms with Crippen LogP contribution in [0.4, 0.5) is 24.5 Å². The van der Waals surface area contributed by atoms with Crippen LogP contribution in [-0.4, -0.2) is 38.6 Å². The lowest BCUT2D eigenvalue weighted by Gasteiger charge is -2.33. The third-order valence-electron chi connectivity index (χ3n) is 4.84. The summed E-state index contributed by atoms with van der Waals surface area (Å²) in [6.45, 7) is 4.94. The summed E-state index contributed by atoms with van der Waals surface area (Å²) in [7, 11) is 0. The van der Waals surface area contributed by atoms with Crippen LogP contribution >= 0.6 is 0 Å². The Hall–Kier alpha value is -2.54. The lowest BCUT2D eigenvalue weighted by atomic mass is 10.1. The molecule has 0 saturated carbocycles. The first-order valence-corrected chi connectivity index (χ1v) is 8.94. The monoisotopic (exact) mass is 378 g/mol. The summed E-state index contributed by atoms with van der Waals surface area (Å²) in [5, 5.41) is 2.93. The molecule has 27 heavy (non-hydrogen) atoms. The fraction of sp³-hybridized carbons (Fsp3) is 0.350. The molecule has 0 bridgehead atoms. The maximum Gasteiger partial charge on any atom is 0.416 e. The maximum atomic E-state index is 12.9. The molecule has 0 aliphatic carbocycles. The van der Waals surface area contributed by atoms with Gasteiger partial charge in [-0.25, -0.2) is 0 Å². The molecule has 1 amide bonds. The highest BCUT2D eigenvalue weighted by Crippen LogP contribution is 2.31. The number of anilines is 2. The SMILES string of the molecule is Cc1ccccc1NC(=O)C[NH+]1CCN(c2cccc(C(F)(F)F)c2)CC1. The molecular formula is C20H23F3N3O+. The van der Waals surface area contributed by atoms with E-state index in [1.165, 1.54) is 12.1 Å². The van der Waals surface area contributed by atoms with Gasteiger partial charge in [0.1, 0.15) is 0 Å². The first-order valence-electron chi connectivity index (χ1n) is 8.94. The van der Waals surface area contributed by atoms with Gasteiger partial charge < -0.3 is 15.1 Å². The van der Waals surface area contributed by atoms with Gasteiger partial charge in [0.15, 0.2) is 6.54 Å². The molecule has 2 aromatic carbocycles. The Labute approximate surface area is 156 Å². The second kappa shape index (κ2) is 8.00. The first-order chi connectivity index (χ1) is 12.8. The van der Waals surface area contributed by atoms with Crippen molar-refractivity contribution < 1.29 is 22.9 Å². The summed E-state index contributed by atoms with van der Waals surface area (Å²) < 4.78 is 38.6. The minimum absolute atomic E-state index is 0.0492. The van der Waals surface area contributed by atoms with E-state index < -0.39 is 11.7 Å². The third kappa shape index (κ3) is 5.01. The molecule has 1 aliphatic heterocycles. The van der Waals surface area contributed by atoms with E-state index in [2.05, 4.69) is 5.32 Å². The van der Waals surface area contributed by atoms with Crippen molar-refractivity contribution in [3.8, 4) is 0 Å². The molecule has 0 atom stereocenters. The van der Waals surface area contributed by atoms with E-state index in [1.54, 1.807) is 6.07 Å². The van der Waals surface area contributed by atoms with Crippen LogP contribution in [0.2, 0.25) is 0 Å². The number of hydrogen-bond donors (Lipinski definition) is 2. The molecule has 1 heterocycles. The largest absolute Gasteiger partial charge is 0.416 e. The van der Waals surface area contributed by atoms with Gasteiger partial charge in [0, 0.05) is 11.4 Å². The van der Waals surface area contributed by atoms with Crippen LogP contribution in [0.3, 0.4) is 0 Å². The number of hydrogen-bond acceptors (Lipinski definition) is 2. The zero-order chi connectivity index (χ0) is 19.4. The Morgan fingerprint density at radius 3 is 2.48 bits per heavy atom. The van der Waals surface area contributed by atoms with E-state index in [1.807, 2.05) is 36.1 Å². The van der Waals surface area contributed by atoms with E-state index in [0.29, 0.717) is 38.4 Å². The van der Waals surface area contributed by atoms with E-state index in [-0.39, 0.29) is 5.91 Å². The Balaban J connectivity index is 1.53. The van der Waals surface area contributed by atoms with Gasteiger partial charge in [-0.3, -0.25) is 4.79 Å². The number of amides is 1. The van der Waals surface area contributed by atoms with Crippen LogP contribution in [0.25, 0.3) is 0 Å². The summed E-state index contributed by atoms with van der Waals surface area (Å²) in [6.07, 6.45) is -4.34. The molecule has 2 N–H and O–H groups in total. The topological polar surface area (TPSA) is 36.8 Å². The fourth-order valence-electron chi connectivity index (χ4n) is 3.27. The number of carbonyl (C=O) groups excluding carboxylic acids is 1. The average Bonchev–Trinajstić information content (AvgIpc) is 2.64. The number of piperazine rings is 1. The van der Waals surface area contributed by atoms with Crippen molar-refractivity contribution in [3.63, 3.8) is 0 Å². The molecule has 1 saturated heterocycles. The number of rotatable bonds is 4. The van der Waals surface area contributed by atoms with Crippen molar-refractivity contribution in [2.75, 3.05) is 42.9 Å². The molecular weight excluding hydrogens is 355 g/mol. The molecule has 3 rings (SSSR count). The molecule has 2 aromatic rings. The predicted molar refractivity (Wildman–Crippen MR) is 99.0 cm³/mol. The second-order valence-corrected chi connectivity index (χ2v) is 6.83. The molecule has 144 valence electrons. The minimum Gasteiger partial charge on any atom is -0.360 e. The van der Waals surface area contributed by atoms with Gasteiger partial charge in [0.25, 0.3) is 5.91 Å². The molecule has 0 aromatic heterocycles. The van der Waals surface area contributed by atoms with Gasteiger partial charge in [-0.05, 0) is 36.8 Å². The molecule has 0 unspecified atom stereocenters. The van der Waals surface area contributed by atoms with Gasteiger partial charge in [0.2, 0.25) is 0 Å². The molecule has 0 spiro atoms. The zero-order valence-electron chi connectivity index (χ0n) is 15.1. The van der Waals surface area contributed by atoms with Crippen molar-refractivity contribution in [2.45, 2.75) is 13.1 Å². The zero-order valence-corrected chi connectivity index (χ0v) is 15.1. The quantitative estimate of drug-likeness (QED) is 0.857. The number of carbonyl (C=O) groups is 1. The summed E-state index contributed by atoms with van der Waals surface area (Å²) in [4.78, 5) is 15.3. The highest BCUT2D eigenvalue weighted by Gasteiger charge is 2.31. The van der Waals surface area contributed by atoms with Gasteiger partial charge in [0.05, 0.1) is 31.7 Å². The molecule has 7 heteroatoms. The van der Waals surface area contributed by atoms with Crippen molar-refractivity contribution in [3.05, 3.63) is 59.7 Å². The van der Waals surface area contributed by atoms with Crippen LogP contribution in [-0.2, 0) is 11.0 Å². The summed E-state index contributed by atoms with van der Waals surface area (Å²) >= 11 is 0. The first kappa shape index (κ1) is 19.2. The Morgan fingerprint density at radius 2 is 1.81 bits per heavy atom. The van der Waals surface area contributed by atoms with Gasteiger partial charge >= 0.3 is 6.18 Å². The summed E-state index contributed by atoms with van der Waals surface area (Å²) in [5.74, 6) is -0.0492. The van der Waals surface area contributed by atoms with Crippen LogP contribution in [0.5, 0.6) is 0 Å². The Bertz CT molecular complexity index is 799. The van der Waals surface area contributed by atoms with Crippen LogP contribution in [0.1, 0.15) is 11.1 Å². The smallest absolute Gasteiger partial charge is 0.360 e. The van der Waals surface area contributed by atoms with E-state index in [0.717, 1.165) is 22.2 Å². The van der Waals surface area contributed by atoms with Crippen molar-refractivity contribution in [2.24, 2.45) is 0 Å². The van der Waals surface area contributed by atoms with E-state index in [9.17, 15) is 18.0 Å². The second-order valence-electron chi connectivity index (χ2n) is 6.83. The summed E-state index contributed by atoms with van der Waals surface area (Å²) in [5.41, 5.74) is 1.76. The standard InChI is InChI=1S/C20H22F3N3O/c1-15-5-2-3-8-18(15)24-19(27)14-25-9-11-26(12-10-25)17-7-4-6-16(13-17)20(21,22)23/h2-8,13H,9-12,14H2,1H3,(H,24,27)/p+1. The molecule has 1 aliphatic rings. The maximum absolute atomic E-state index is 12.9. The van der Waals surface area contributed by atoms with Gasteiger partial charge in [-0.1, -0.05) is 24.3 Å². The number of nitrogens with one attached hydrogen (secondary N) is 2. The number of halogens is 3. The van der Waals surface area contributed by atoms with Gasteiger partial charge in [-0.2, -0.15) is 13.2 Å². The molecule has 0 radical (unpaired) electrons. The van der Waals surface area contributed by atoms with Gasteiger partial charge in [-0.15, -0.1) is 0 Å². The van der Waals surface area contributed by atoms with Crippen LogP contribution in [0, 0.1) is 6.92 Å². The highest BCUT2D eigenvalue weighted by atomic mass is 19.4. The minimum atomic E-state index is -4.34. The number of benzene rings is 2. The lowest BCUT2D eigenvalue weighted by molar-refractivity contribution is -0.892. The Morgan fingerprint density at radius 1 is 1.11 bits per heavy atom. The number of quaternary nitrogens is 1. The number of alkyl halides is 3. The predicted octanol–water partition coefficient (Wildman–Crippen LogP) is 2.36. The number of aryl methyl sites for hydroxylation is 1. The Kier molecular flexibility index (Phi) is 5.70. The van der Waals surface area contributed by atoms with E-state index >= 15 is 0 Å². The van der Waals surface area contributed by atoms with Crippen LogP contribution in [0.15, 0.2) is 48.5 Å². The average molecular weight is 378 g/mol. The number of nitrogens with zero attached hydrogens (tertiary/aromatic N) is 1. The van der Waals surface area contributed by atoms with Crippen molar-refractivity contribution in [1.82, 2.24) is 0 Å².